The van der Waals surface area contributed by atoms with Crippen LogP contribution in [0.25, 0.3) is 11.4 Å². The van der Waals surface area contributed by atoms with Crippen molar-refractivity contribution in [2.24, 2.45) is 0 Å². The number of aromatic nitrogens is 3. The third-order valence-corrected chi connectivity index (χ3v) is 5.87. The first-order valence-electron chi connectivity index (χ1n) is 10.9. The van der Waals surface area contributed by atoms with Crippen molar-refractivity contribution in [1.29, 1.82) is 0 Å². The van der Waals surface area contributed by atoms with Gasteiger partial charge in [-0.05, 0) is 49.4 Å². The Kier molecular flexibility index (Phi) is 9.23. The van der Waals surface area contributed by atoms with E-state index < -0.39 is 17.8 Å². The van der Waals surface area contributed by atoms with Crippen LogP contribution in [-0.2, 0) is 20.8 Å². The molecule has 0 saturated carbocycles. The highest BCUT2D eigenvalue weighted by molar-refractivity contribution is 7.99. The zero-order valence-electron chi connectivity index (χ0n) is 20.1. The summed E-state index contributed by atoms with van der Waals surface area (Å²) in [7, 11) is 2.47. The Bertz CT molecular complexity index is 1260. The number of allylic oxidation sites excluding steroid dienone is 1. The molecule has 3 aromatic rings. The van der Waals surface area contributed by atoms with E-state index in [0.717, 1.165) is 11.3 Å². The number of thioether (sulfide) groups is 1. The molecule has 0 aliphatic heterocycles. The van der Waals surface area contributed by atoms with Crippen LogP contribution >= 0.6 is 11.8 Å². The number of rotatable bonds is 11. The predicted octanol–water partition coefficient (Wildman–Crippen LogP) is 3.83. The Morgan fingerprint density at radius 3 is 2.42 bits per heavy atom. The number of anilines is 1. The number of hydrogen-bond donors (Lipinski definition) is 1. The molecule has 3 rings (SSSR count). The van der Waals surface area contributed by atoms with Crippen LogP contribution in [0, 0.1) is 0 Å². The Morgan fingerprint density at radius 1 is 1.06 bits per heavy atom. The van der Waals surface area contributed by atoms with E-state index in [-0.39, 0.29) is 22.6 Å². The first-order chi connectivity index (χ1) is 17.4. The molecule has 36 heavy (non-hydrogen) atoms. The second-order valence-electron chi connectivity index (χ2n) is 7.24. The van der Waals surface area contributed by atoms with Gasteiger partial charge in [0.05, 0.1) is 43.4 Å². The molecule has 188 valence electrons. The second-order valence-corrected chi connectivity index (χ2v) is 8.19. The molecule has 0 radical (unpaired) electrons. The first-order valence-corrected chi connectivity index (χ1v) is 11.9. The highest BCUT2D eigenvalue weighted by Crippen LogP contribution is 2.26. The van der Waals surface area contributed by atoms with E-state index in [1.165, 1.54) is 44.2 Å². The first kappa shape index (κ1) is 26.5. The molecule has 2 aromatic carbocycles. The molecule has 11 heteroatoms. The van der Waals surface area contributed by atoms with E-state index >= 15 is 0 Å². The van der Waals surface area contributed by atoms with Gasteiger partial charge in [0.15, 0.2) is 11.0 Å². The average molecular weight is 511 g/mol. The summed E-state index contributed by atoms with van der Waals surface area (Å²) in [5, 5.41) is 11.7. The molecule has 10 nitrogen and oxygen atoms in total. The standard InChI is InChI=1S/C25H26N4O6S/c1-5-13-29-22(16-7-10-18(11-8-16)35-6-2)27-28-25(29)36-15-21(30)26-20-14-17(23(31)33-3)9-12-19(20)24(32)34-4/h5,7-12,14H,1,6,13,15H2,2-4H3,(H,26,30). The lowest BCUT2D eigenvalue weighted by Gasteiger charge is -2.12. The molecule has 1 heterocycles. The quantitative estimate of drug-likeness (QED) is 0.233. The fourth-order valence-corrected chi connectivity index (χ4v) is 4.01. The second kappa shape index (κ2) is 12.5. The van der Waals surface area contributed by atoms with Gasteiger partial charge in [0, 0.05) is 12.1 Å². The zero-order valence-corrected chi connectivity index (χ0v) is 21.0. The number of amides is 1. The monoisotopic (exact) mass is 510 g/mol. The molecule has 0 atom stereocenters. The fraction of sp³-hybridized carbons (Fsp3) is 0.240. The van der Waals surface area contributed by atoms with Crippen LogP contribution in [0.2, 0.25) is 0 Å². The molecule has 0 aliphatic carbocycles. The van der Waals surface area contributed by atoms with Gasteiger partial charge in [0.25, 0.3) is 0 Å². The third-order valence-electron chi connectivity index (χ3n) is 4.90. The topological polar surface area (TPSA) is 122 Å². The van der Waals surface area contributed by atoms with E-state index in [1.54, 1.807) is 6.08 Å². The Morgan fingerprint density at radius 2 is 1.78 bits per heavy atom. The van der Waals surface area contributed by atoms with E-state index in [2.05, 4.69) is 22.1 Å². The summed E-state index contributed by atoms with van der Waals surface area (Å²) < 4.78 is 16.8. The molecule has 0 fully saturated rings. The summed E-state index contributed by atoms with van der Waals surface area (Å²) in [6.07, 6.45) is 1.71. The summed E-state index contributed by atoms with van der Waals surface area (Å²) in [4.78, 5) is 36.8. The predicted molar refractivity (Wildman–Crippen MR) is 135 cm³/mol. The number of carbonyl (C=O) groups is 3. The van der Waals surface area contributed by atoms with Gasteiger partial charge in [0.1, 0.15) is 5.75 Å². The highest BCUT2D eigenvalue weighted by Gasteiger charge is 2.19. The lowest BCUT2D eigenvalue weighted by Crippen LogP contribution is -2.18. The number of nitrogens with zero attached hydrogens (tertiary/aromatic N) is 3. The molecule has 1 aromatic heterocycles. The molecule has 0 aliphatic rings. The largest absolute Gasteiger partial charge is 0.494 e. The smallest absolute Gasteiger partial charge is 0.339 e. The van der Waals surface area contributed by atoms with Crippen LogP contribution < -0.4 is 10.1 Å². The van der Waals surface area contributed by atoms with E-state index in [4.69, 9.17) is 14.2 Å². The fourth-order valence-electron chi connectivity index (χ4n) is 3.27. The molecule has 1 amide bonds. The van der Waals surface area contributed by atoms with Crippen molar-refractivity contribution < 1.29 is 28.6 Å². The maximum Gasteiger partial charge on any atom is 0.339 e. The van der Waals surface area contributed by atoms with Gasteiger partial charge in [-0.25, -0.2) is 9.59 Å². The number of benzene rings is 2. The molecule has 0 bridgehead atoms. The van der Waals surface area contributed by atoms with E-state index in [0.29, 0.717) is 24.1 Å². The molecule has 0 unspecified atom stereocenters. The van der Waals surface area contributed by atoms with Crippen LogP contribution in [0.1, 0.15) is 27.6 Å². The van der Waals surface area contributed by atoms with Gasteiger partial charge in [-0.1, -0.05) is 17.8 Å². The van der Waals surface area contributed by atoms with Crippen molar-refractivity contribution in [3.63, 3.8) is 0 Å². The number of esters is 2. The van der Waals surface area contributed by atoms with Crippen molar-refractivity contribution >= 4 is 35.3 Å². The van der Waals surface area contributed by atoms with E-state index in [1.807, 2.05) is 35.8 Å². The van der Waals surface area contributed by atoms with Crippen LogP contribution in [0.3, 0.4) is 0 Å². The minimum atomic E-state index is -0.653. The number of methoxy groups -OCH3 is 2. The van der Waals surface area contributed by atoms with Crippen molar-refractivity contribution in [2.75, 3.05) is 31.9 Å². The molecular weight excluding hydrogens is 484 g/mol. The van der Waals surface area contributed by atoms with Gasteiger partial charge >= 0.3 is 11.9 Å². The van der Waals surface area contributed by atoms with Crippen LogP contribution in [0.4, 0.5) is 5.69 Å². The Balaban J connectivity index is 1.77. The lowest BCUT2D eigenvalue weighted by molar-refractivity contribution is -0.113. The third kappa shape index (κ3) is 6.30. The SMILES string of the molecule is C=CCn1c(SCC(=O)Nc2cc(C(=O)OC)ccc2C(=O)OC)nnc1-c1ccc(OCC)cc1. The van der Waals surface area contributed by atoms with Gasteiger partial charge in [0.2, 0.25) is 5.91 Å². The molecule has 1 N–H and O–H groups in total. The van der Waals surface area contributed by atoms with Gasteiger partial charge in [-0.15, -0.1) is 16.8 Å². The molecule has 0 spiro atoms. The summed E-state index contributed by atoms with van der Waals surface area (Å²) in [6.45, 7) is 6.73. The normalized spacial score (nSPS) is 10.4. The van der Waals surface area contributed by atoms with Gasteiger partial charge < -0.3 is 19.5 Å². The van der Waals surface area contributed by atoms with Crippen LogP contribution in [0.15, 0.2) is 60.3 Å². The Labute approximate surface area is 212 Å². The highest BCUT2D eigenvalue weighted by atomic mass is 32.2. The van der Waals surface area contributed by atoms with Crippen molar-refractivity contribution in [3.8, 4) is 17.1 Å². The van der Waals surface area contributed by atoms with Crippen molar-refractivity contribution in [3.05, 3.63) is 66.2 Å². The number of hydrogen-bond acceptors (Lipinski definition) is 9. The number of carbonyl (C=O) groups excluding carboxylic acids is 3. The maximum atomic E-state index is 12.8. The minimum absolute atomic E-state index is 0.0262. The van der Waals surface area contributed by atoms with Crippen molar-refractivity contribution in [2.45, 2.75) is 18.6 Å². The van der Waals surface area contributed by atoms with Crippen LogP contribution in [-0.4, -0.2) is 59.2 Å². The summed E-state index contributed by atoms with van der Waals surface area (Å²) in [5.74, 6) is -0.315. The summed E-state index contributed by atoms with van der Waals surface area (Å²) in [6, 6.07) is 11.7. The number of ether oxygens (including phenoxy) is 3. The van der Waals surface area contributed by atoms with Crippen molar-refractivity contribution in [1.82, 2.24) is 14.8 Å². The molecule has 0 saturated heterocycles. The Hall–Kier alpha value is -4.12. The van der Waals surface area contributed by atoms with Gasteiger partial charge in [-0.2, -0.15) is 0 Å². The van der Waals surface area contributed by atoms with Crippen LogP contribution in [0.5, 0.6) is 5.75 Å². The maximum absolute atomic E-state index is 12.8. The summed E-state index contributed by atoms with van der Waals surface area (Å²) in [5.41, 5.74) is 1.26. The van der Waals surface area contributed by atoms with E-state index in [9.17, 15) is 14.4 Å². The summed E-state index contributed by atoms with van der Waals surface area (Å²) >= 11 is 1.17. The lowest BCUT2D eigenvalue weighted by atomic mass is 10.1. The van der Waals surface area contributed by atoms with Gasteiger partial charge in [-0.3, -0.25) is 9.36 Å². The zero-order chi connectivity index (χ0) is 26.1. The number of nitrogens with one attached hydrogen (secondary N) is 1. The average Bonchev–Trinajstić information content (AvgIpc) is 3.29. The molecular formula is C25H26N4O6S. The minimum Gasteiger partial charge on any atom is -0.494 e.